The van der Waals surface area contributed by atoms with Crippen molar-refractivity contribution in [1.29, 1.82) is 0 Å². The summed E-state index contributed by atoms with van der Waals surface area (Å²) in [5.74, 6) is 0. The van der Waals surface area contributed by atoms with Crippen LogP contribution in [0.1, 0.15) is 2.74 Å². The minimum Gasteiger partial charge on any atom is -0.310 e. The van der Waals surface area contributed by atoms with E-state index in [1.165, 1.54) is 0 Å². The lowest BCUT2D eigenvalue weighted by atomic mass is 10.0. The third-order valence-electron chi connectivity index (χ3n) is 12.1. The van der Waals surface area contributed by atoms with E-state index in [9.17, 15) is 2.74 Å². The summed E-state index contributed by atoms with van der Waals surface area (Å²) in [6.07, 6.45) is 0. The normalized spacial score (nSPS) is 12.6. The van der Waals surface area contributed by atoms with E-state index in [1.54, 1.807) is 0 Å². The molecule has 4 heteroatoms. The van der Waals surface area contributed by atoms with E-state index in [-0.39, 0.29) is 0 Å². The maximum Gasteiger partial charge on any atom is 0.0653 e. The number of hydrogen-bond donors (Lipinski definition) is 0. The van der Waals surface area contributed by atoms with Gasteiger partial charge in [0.05, 0.1) is 47.2 Å². The van der Waals surface area contributed by atoms with Gasteiger partial charge in [-0.15, -0.1) is 0 Å². The Morgan fingerprint density at radius 1 is 0.293 bits per heavy atom. The van der Waals surface area contributed by atoms with Gasteiger partial charge in [-0.1, -0.05) is 121 Å². The predicted octanol–water partition coefficient (Wildman–Crippen LogP) is 14.9. The van der Waals surface area contributed by atoms with Gasteiger partial charge in [-0.3, -0.25) is 0 Å². The Balaban J connectivity index is 1.18. The average molecular weight is 741 g/mol. The fourth-order valence-electron chi connectivity index (χ4n) is 9.77. The second-order valence-corrected chi connectivity index (χ2v) is 15.1. The number of aromatic nitrogens is 2. The van der Waals surface area contributed by atoms with Crippen molar-refractivity contribution in [3.63, 3.8) is 0 Å². The van der Waals surface area contributed by atoms with Crippen molar-refractivity contribution in [1.82, 2.24) is 8.80 Å². The zero-order chi connectivity index (χ0) is 39.6. The highest BCUT2D eigenvalue weighted by atomic mass is 15.2. The van der Waals surface area contributed by atoms with Crippen molar-refractivity contribution in [2.24, 2.45) is 0 Å². The Morgan fingerprint density at radius 2 is 0.621 bits per heavy atom. The zero-order valence-electron chi connectivity index (χ0n) is 33.3. The van der Waals surface area contributed by atoms with Crippen molar-refractivity contribution >= 4 is 110 Å². The van der Waals surface area contributed by atoms with Gasteiger partial charge in [0.25, 0.3) is 0 Å². The summed E-state index contributed by atoms with van der Waals surface area (Å²) in [7, 11) is 0. The van der Waals surface area contributed by atoms with Gasteiger partial charge in [0, 0.05) is 65.8 Å². The molecule has 0 spiro atoms. The molecule has 9 aromatic carbocycles. The monoisotopic (exact) mass is 740 g/mol. The molecule has 0 bridgehead atoms. The van der Waals surface area contributed by atoms with Crippen LogP contribution in [-0.2, 0) is 0 Å². The Kier molecular flexibility index (Phi) is 6.02. The van der Waals surface area contributed by atoms with Crippen LogP contribution in [0, 0.1) is 0 Å². The minimum atomic E-state index is 0.434. The molecule has 4 heterocycles. The SMILES string of the molecule is [2H]c1c2c3ccc(N(c4ccccc4)c4ccccc4)c4c5ccccc5n(c2c([2H])c2c5ccc(N(c6ccccc6)c6ccccc6)c6c7ccccc7n(c12)c56)c34. The van der Waals surface area contributed by atoms with Crippen molar-refractivity contribution in [3.8, 4) is 0 Å². The fraction of sp³-hybridized carbons (Fsp3) is 0. The molecule has 0 aliphatic carbocycles. The molecule has 13 rings (SSSR count). The Morgan fingerprint density at radius 3 is 0.983 bits per heavy atom. The van der Waals surface area contributed by atoms with Gasteiger partial charge < -0.3 is 18.6 Å². The van der Waals surface area contributed by atoms with Crippen molar-refractivity contribution in [2.45, 2.75) is 0 Å². The molecule has 0 unspecified atom stereocenters. The molecule has 4 nitrogen and oxygen atoms in total. The molecule has 0 fully saturated rings. The summed E-state index contributed by atoms with van der Waals surface area (Å²) in [5, 5.41) is 8.00. The van der Waals surface area contributed by atoms with Gasteiger partial charge >= 0.3 is 0 Å². The summed E-state index contributed by atoms with van der Waals surface area (Å²) in [6.45, 7) is 0. The Bertz CT molecular complexity index is 3450. The summed E-state index contributed by atoms with van der Waals surface area (Å²) in [5.41, 5.74) is 12.0. The Hall–Kier alpha value is -7.82. The van der Waals surface area contributed by atoms with E-state index >= 15 is 0 Å². The molecule has 4 aromatic heterocycles. The van der Waals surface area contributed by atoms with Crippen LogP contribution in [0.5, 0.6) is 0 Å². The summed E-state index contributed by atoms with van der Waals surface area (Å²) >= 11 is 0. The maximum atomic E-state index is 10.3. The van der Waals surface area contributed by atoms with E-state index in [1.807, 2.05) is 0 Å². The number of fused-ring (bicyclic) bond motifs is 12. The van der Waals surface area contributed by atoms with Gasteiger partial charge in [0.1, 0.15) is 0 Å². The van der Waals surface area contributed by atoms with Gasteiger partial charge in [-0.25, -0.2) is 0 Å². The number of nitrogens with zero attached hydrogens (tertiary/aromatic N) is 4. The smallest absolute Gasteiger partial charge is 0.0653 e. The molecular formula is C54H34N4. The maximum absolute atomic E-state index is 10.3. The van der Waals surface area contributed by atoms with Crippen LogP contribution in [0.15, 0.2) is 206 Å². The molecular weight excluding hydrogens is 705 g/mol. The van der Waals surface area contributed by atoms with Crippen molar-refractivity contribution < 1.29 is 2.74 Å². The molecule has 0 amide bonds. The second kappa shape index (κ2) is 11.8. The average Bonchev–Trinajstić information content (AvgIpc) is 4.05. The zero-order valence-corrected chi connectivity index (χ0v) is 31.3. The molecule has 0 radical (unpaired) electrons. The number of hydrogen-bond acceptors (Lipinski definition) is 2. The number of anilines is 6. The first kappa shape index (κ1) is 29.5. The highest BCUT2D eigenvalue weighted by molar-refractivity contribution is 6.32. The molecule has 58 heavy (non-hydrogen) atoms. The largest absolute Gasteiger partial charge is 0.310 e. The van der Waals surface area contributed by atoms with Crippen LogP contribution in [0.2, 0.25) is 0 Å². The van der Waals surface area contributed by atoms with Crippen LogP contribution >= 0.6 is 0 Å². The van der Waals surface area contributed by atoms with Gasteiger partial charge in [-0.2, -0.15) is 0 Å². The lowest BCUT2D eigenvalue weighted by Crippen LogP contribution is -2.10. The van der Waals surface area contributed by atoms with E-state index in [0.29, 0.717) is 12.1 Å². The number of benzene rings is 9. The van der Waals surface area contributed by atoms with E-state index in [0.717, 1.165) is 110 Å². The highest BCUT2D eigenvalue weighted by Crippen LogP contribution is 2.51. The fourth-order valence-corrected chi connectivity index (χ4v) is 9.77. The third-order valence-corrected chi connectivity index (χ3v) is 12.1. The topological polar surface area (TPSA) is 15.3 Å². The van der Waals surface area contributed by atoms with Crippen LogP contribution in [-0.4, -0.2) is 8.80 Å². The van der Waals surface area contributed by atoms with Crippen LogP contribution < -0.4 is 9.80 Å². The number of para-hydroxylation sites is 6. The highest BCUT2D eigenvalue weighted by Gasteiger charge is 2.27. The van der Waals surface area contributed by atoms with Gasteiger partial charge in [0.2, 0.25) is 0 Å². The molecule has 0 N–H and O–H groups in total. The summed E-state index contributed by atoms with van der Waals surface area (Å²) < 4.78 is 25.2. The standard InChI is InChI=1S/C54H34N4/c1-5-17-35(18-6-1)55(36-19-7-2-8-20-36)47-31-29-39-43-33-50-44(34-49(43)57-45-27-15-13-25-41(45)51(47)53(39)57)40-30-32-48(52-42-26-14-16-28-46(42)58(50)54(40)52)56(37-21-9-3-10-22-37)38-23-11-4-12-24-38/h1-34H/i33D,34D. The third kappa shape index (κ3) is 4.18. The predicted molar refractivity (Wildman–Crippen MR) is 245 cm³/mol. The first-order chi connectivity index (χ1) is 29.7. The molecule has 0 saturated carbocycles. The minimum absolute atomic E-state index is 0.434. The van der Waals surface area contributed by atoms with Crippen molar-refractivity contribution in [3.05, 3.63) is 206 Å². The Labute approximate surface area is 336 Å². The lowest BCUT2D eigenvalue weighted by molar-refractivity contribution is 1.30. The number of rotatable bonds is 6. The van der Waals surface area contributed by atoms with Crippen LogP contribution in [0.3, 0.4) is 0 Å². The van der Waals surface area contributed by atoms with Gasteiger partial charge in [0.15, 0.2) is 0 Å². The first-order valence-electron chi connectivity index (χ1n) is 20.8. The van der Waals surface area contributed by atoms with Gasteiger partial charge in [-0.05, 0) is 84.9 Å². The van der Waals surface area contributed by atoms with Crippen LogP contribution in [0.4, 0.5) is 34.1 Å². The van der Waals surface area contributed by atoms with Crippen molar-refractivity contribution in [2.75, 3.05) is 9.80 Å². The summed E-state index contributed by atoms with van der Waals surface area (Å²) in [4.78, 5) is 4.65. The molecule has 270 valence electrons. The molecule has 0 aliphatic rings. The first-order valence-corrected chi connectivity index (χ1v) is 19.8. The molecule has 0 aliphatic heterocycles. The van der Waals surface area contributed by atoms with E-state index in [2.05, 4.69) is 213 Å². The molecule has 0 saturated heterocycles. The lowest BCUT2D eigenvalue weighted by Gasteiger charge is -2.26. The van der Waals surface area contributed by atoms with E-state index in [4.69, 9.17) is 0 Å². The quantitative estimate of drug-likeness (QED) is 0.169. The molecule has 13 aromatic rings. The summed E-state index contributed by atoms with van der Waals surface area (Å²) in [6, 6.07) is 68.8. The molecule has 0 atom stereocenters. The van der Waals surface area contributed by atoms with E-state index < -0.39 is 0 Å². The second-order valence-electron chi connectivity index (χ2n) is 15.1. The van der Waals surface area contributed by atoms with Crippen LogP contribution in [0.25, 0.3) is 76.2 Å².